The molecule has 2 aromatic rings. The van der Waals surface area contributed by atoms with Gasteiger partial charge in [0.05, 0.1) is 12.1 Å². The van der Waals surface area contributed by atoms with E-state index in [4.69, 9.17) is 5.41 Å². The van der Waals surface area contributed by atoms with Crippen molar-refractivity contribution in [2.75, 3.05) is 32.0 Å². The Morgan fingerprint density at radius 1 is 1.18 bits per heavy atom. The highest BCUT2D eigenvalue weighted by molar-refractivity contribution is 6.06. The number of amides is 2. The van der Waals surface area contributed by atoms with Crippen LogP contribution in [0.3, 0.4) is 0 Å². The maximum Gasteiger partial charge on any atom is 0.253 e. The third kappa shape index (κ3) is 6.22. The van der Waals surface area contributed by atoms with Gasteiger partial charge in [0.2, 0.25) is 5.91 Å². The summed E-state index contributed by atoms with van der Waals surface area (Å²) in [6, 6.07) is 6.06. The number of benzene rings is 1. The second-order valence-electron chi connectivity index (χ2n) is 10.2. The number of aromatic nitrogens is 1. The van der Waals surface area contributed by atoms with Gasteiger partial charge in [-0.05, 0) is 75.1 Å². The summed E-state index contributed by atoms with van der Waals surface area (Å²) in [5.74, 6) is -0.270. The summed E-state index contributed by atoms with van der Waals surface area (Å²) < 4.78 is 0. The molecule has 0 radical (unpaired) electrons. The molecule has 2 amide bonds. The number of H-pyrrole nitrogens is 1. The normalized spacial score (nSPS) is 15.8. The zero-order valence-electron chi connectivity index (χ0n) is 22.5. The SMILES string of the molecule is CNCC(=O)N1CC=C(c2cc(NC3CCCC3)c(C=N)c(C(=O)NCc3c(C)cc(C)[nH]c3=O)c2)CC1. The van der Waals surface area contributed by atoms with Crippen LogP contribution in [0.4, 0.5) is 5.69 Å². The second-order valence-corrected chi connectivity index (χ2v) is 10.2. The maximum atomic E-state index is 13.5. The number of carbonyl (C=O) groups is 2. The first-order valence-corrected chi connectivity index (χ1v) is 13.3. The predicted molar refractivity (Wildman–Crippen MR) is 151 cm³/mol. The molecule has 1 saturated carbocycles. The average Bonchev–Trinajstić information content (AvgIpc) is 3.41. The molecule has 1 aliphatic carbocycles. The maximum absolute atomic E-state index is 13.5. The van der Waals surface area contributed by atoms with E-state index in [2.05, 4.69) is 20.9 Å². The minimum atomic E-state index is -0.332. The Labute approximate surface area is 223 Å². The molecular formula is C29H38N6O3. The number of pyridine rings is 1. The van der Waals surface area contributed by atoms with Crippen molar-refractivity contribution in [3.05, 3.63) is 68.1 Å². The number of likely N-dealkylation sites (N-methyl/N-ethyl adjacent to an activating group) is 1. The molecule has 9 heteroatoms. The van der Waals surface area contributed by atoms with Crippen LogP contribution in [0.25, 0.3) is 5.57 Å². The van der Waals surface area contributed by atoms with Crippen molar-refractivity contribution in [2.24, 2.45) is 0 Å². The first kappa shape index (κ1) is 27.3. The molecule has 0 spiro atoms. The van der Waals surface area contributed by atoms with Crippen LogP contribution >= 0.6 is 0 Å². The molecule has 1 fully saturated rings. The predicted octanol–water partition coefficient (Wildman–Crippen LogP) is 3.11. The van der Waals surface area contributed by atoms with E-state index in [-0.39, 0.29) is 23.9 Å². The number of nitrogens with zero attached hydrogens (tertiary/aromatic N) is 1. The van der Waals surface area contributed by atoms with Gasteiger partial charge in [0.1, 0.15) is 0 Å². The number of hydrogen-bond donors (Lipinski definition) is 5. The van der Waals surface area contributed by atoms with Crippen molar-refractivity contribution >= 4 is 29.3 Å². The third-order valence-electron chi connectivity index (χ3n) is 7.46. The summed E-state index contributed by atoms with van der Waals surface area (Å²) in [6.07, 6.45) is 8.41. The van der Waals surface area contributed by atoms with Crippen molar-refractivity contribution in [1.82, 2.24) is 20.5 Å². The first-order valence-electron chi connectivity index (χ1n) is 13.3. The van der Waals surface area contributed by atoms with E-state index in [1.54, 1.807) is 7.05 Å². The lowest BCUT2D eigenvalue weighted by Crippen LogP contribution is -2.39. The van der Waals surface area contributed by atoms with Gasteiger partial charge in [0.25, 0.3) is 11.5 Å². The quantitative estimate of drug-likeness (QED) is 0.326. The third-order valence-corrected chi connectivity index (χ3v) is 7.46. The van der Waals surface area contributed by atoms with E-state index >= 15 is 0 Å². The van der Waals surface area contributed by atoms with E-state index < -0.39 is 0 Å². The lowest BCUT2D eigenvalue weighted by Gasteiger charge is -2.27. The van der Waals surface area contributed by atoms with Gasteiger partial charge in [0, 0.05) is 54.4 Å². The van der Waals surface area contributed by atoms with Crippen LogP contribution in [0, 0.1) is 19.3 Å². The average molecular weight is 519 g/mol. The highest BCUT2D eigenvalue weighted by atomic mass is 16.2. The van der Waals surface area contributed by atoms with Crippen LogP contribution < -0.4 is 21.5 Å². The molecule has 0 atom stereocenters. The van der Waals surface area contributed by atoms with Gasteiger partial charge < -0.3 is 31.2 Å². The van der Waals surface area contributed by atoms with E-state index in [9.17, 15) is 14.4 Å². The number of anilines is 1. The smallest absolute Gasteiger partial charge is 0.253 e. The van der Waals surface area contributed by atoms with E-state index in [1.807, 2.05) is 43.0 Å². The Morgan fingerprint density at radius 3 is 2.58 bits per heavy atom. The highest BCUT2D eigenvalue weighted by Gasteiger charge is 2.23. The molecule has 202 valence electrons. The Balaban J connectivity index is 1.65. The number of hydrogen-bond acceptors (Lipinski definition) is 6. The molecule has 0 saturated heterocycles. The molecule has 4 rings (SSSR count). The number of aryl methyl sites for hydroxylation is 2. The number of rotatable bonds is 9. The fourth-order valence-corrected chi connectivity index (χ4v) is 5.38. The number of nitrogens with one attached hydrogen (secondary N) is 5. The van der Waals surface area contributed by atoms with Crippen LogP contribution in [0.15, 0.2) is 29.1 Å². The van der Waals surface area contributed by atoms with Crippen LogP contribution in [0.2, 0.25) is 0 Å². The topological polar surface area (TPSA) is 130 Å². The van der Waals surface area contributed by atoms with Gasteiger partial charge in [-0.25, -0.2) is 0 Å². The largest absolute Gasteiger partial charge is 0.382 e. The van der Waals surface area contributed by atoms with E-state index in [0.717, 1.165) is 53.8 Å². The fraction of sp³-hybridized carbons (Fsp3) is 0.448. The fourth-order valence-electron chi connectivity index (χ4n) is 5.38. The van der Waals surface area contributed by atoms with Gasteiger partial charge in [-0.3, -0.25) is 14.4 Å². The molecule has 1 aliphatic heterocycles. The first-order chi connectivity index (χ1) is 18.3. The Kier molecular flexibility index (Phi) is 8.78. The van der Waals surface area contributed by atoms with E-state index in [0.29, 0.717) is 48.8 Å². The van der Waals surface area contributed by atoms with Gasteiger partial charge in [-0.1, -0.05) is 18.9 Å². The molecule has 0 bridgehead atoms. The summed E-state index contributed by atoms with van der Waals surface area (Å²) >= 11 is 0. The molecule has 9 nitrogen and oxygen atoms in total. The van der Waals surface area contributed by atoms with Crippen LogP contribution in [0.1, 0.15) is 70.4 Å². The monoisotopic (exact) mass is 518 g/mol. The van der Waals surface area contributed by atoms with Gasteiger partial charge in [-0.15, -0.1) is 0 Å². The zero-order valence-corrected chi connectivity index (χ0v) is 22.5. The van der Waals surface area contributed by atoms with Crippen LogP contribution in [0.5, 0.6) is 0 Å². The molecule has 1 aromatic heterocycles. The second kappa shape index (κ2) is 12.2. The molecule has 1 aromatic carbocycles. The van der Waals surface area contributed by atoms with Crippen LogP contribution in [-0.2, 0) is 11.3 Å². The van der Waals surface area contributed by atoms with Crippen molar-refractivity contribution in [3.8, 4) is 0 Å². The number of carbonyl (C=O) groups excluding carboxylic acids is 2. The van der Waals surface area contributed by atoms with Crippen molar-refractivity contribution in [3.63, 3.8) is 0 Å². The van der Waals surface area contributed by atoms with Crippen molar-refractivity contribution < 1.29 is 9.59 Å². The Morgan fingerprint density at radius 2 is 1.95 bits per heavy atom. The summed E-state index contributed by atoms with van der Waals surface area (Å²) in [7, 11) is 1.76. The summed E-state index contributed by atoms with van der Waals surface area (Å²) in [5.41, 5.74) is 5.59. The minimum Gasteiger partial charge on any atom is -0.382 e. The Bertz CT molecular complexity index is 1310. The summed E-state index contributed by atoms with van der Waals surface area (Å²) in [6.45, 7) is 5.22. The van der Waals surface area contributed by atoms with Gasteiger partial charge in [-0.2, -0.15) is 0 Å². The van der Waals surface area contributed by atoms with Gasteiger partial charge >= 0.3 is 0 Å². The summed E-state index contributed by atoms with van der Waals surface area (Å²) in [4.78, 5) is 42.9. The van der Waals surface area contributed by atoms with Crippen molar-refractivity contribution in [2.45, 2.75) is 58.5 Å². The van der Waals surface area contributed by atoms with E-state index in [1.165, 1.54) is 6.21 Å². The lowest BCUT2D eigenvalue weighted by molar-refractivity contribution is -0.129. The standard InChI is InChI=1S/C29H38N6O3/c1-18-12-19(2)33-29(38)25(18)16-32-28(37)23-13-21(20-8-10-35(11-9-20)27(36)17-31-3)14-26(24(23)15-30)34-22-6-4-5-7-22/h8,12-15,22,30-31,34H,4-7,9-11,16-17H2,1-3H3,(H,32,37)(H,33,38). The molecule has 2 aliphatic rings. The molecule has 5 N–H and O–H groups in total. The number of aromatic amines is 1. The Hall–Kier alpha value is -3.72. The highest BCUT2D eigenvalue weighted by Crippen LogP contribution is 2.31. The minimum absolute atomic E-state index is 0.0620. The van der Waals surface area contributed by atoms with Crippen molar-refractivity contribution in [1.29, 1.82) is 5.41 Å². The molecular weight excluding hydrogens is 480 g/mol. The lowest BCUT2D eigenvalue weighted by atomic mass is 9.93. The van der Waals surface area contributed by atoms with Gasteiger partial charge in [0.15, 0.2) is 0 Å². The summed E-state index contributed by atoms with van der Waals surface area (Å²) in [5, 5.41) is 17.6. The molecule has 2 heterocycles. The molecule has 38 heavy (non-hydrogen) atoms. The van der Waals surface area contributed by atoms with Crippen LogP contribution in [-0.4, -0.2) is 60.6 Å². The molecule has 0 unspecified atom stereocenters. The zero-order chi connectivity index (χ0) is 27.2.